The zero-order chi connectivity index (χ0) is 15.5. The molecule has 0 aliphatic heterocycles. The fraction of sp³-hybridized carbons (Fsp3) is 0.471. The van der Waals surface area contributed by atoms with E-state index in [-0.39, 0.29) is 11.9 Å². The molecule has 1 aromatic heterocycles. The molecule has 0 saturated heterocycles. The average Bonchev–Trinajstić information content (AvgIpc) is 3.37. The van der Waals surface area contributed by atoms with Gasteiger partial charge in [-0.15, -0.1) is 0 Å². The van der Waals surface area contributed by atoms with Crippen LogP contribution in [0.15, 0.2) is 29.3 Å². The molecule has 22 heavy (non-hydrogen) atoms. The number of carbonyl (C=O) groups excluding carboxylic acids is 1. The normalized spacial score (nSPS) is 15.7. The summed E-state index contributed by atoms with van der Waals surface area (Å²) in [6.07, 6.45) is 3.30. The molecule has 4 nitrogen and oxygen atoms in total. The molecule has 0 bridgehead atoms. The van der Waals surface area contributed by atoms with E-state index in [0.717, 1.165) is 28.2 Å². The van der Waals surface area contributed by atoms with E-state index in [1.54, 1.807) is 0 Å². The summed E-state index contributed by atoms with van der Waals surface area (Å²) in [6.45, 7) is 4.09. The number of para-hydroxylation sites is 1. The predicted octanol–water partition coefficient (Wildman–Crippen LogP) is 3.51. The van der Waals surface area contributed by atoms with Crippen LogP contribution >= 0.6 is 11.8 Å². The molecule has 1 N–H and O–H groups in total. The number of benzene rings is 1. The topological polar surface area (TPSA) is 54.9 Å². The van der Waals surface area contributed by atoms with Crippen LogP contribution in [0, 0.1) is 0 Å². The van der Waals surface area contributed by atoms with Gasteiger partial charge in [-0.3, -0.25) is 4.79 Å². The van der Waals surface area contributed by atoms with Gasteiger partial charge in [0.05, 0.1) is 11.3 Å². The second kappa shape index (κ2) is 6.65. The summed E-state index contributed by atoms with van der Waals surface area (Å²) in [7, 11) is 0. The molecule has 1 atom stereocenters. The molecule has 1 aliphatic rings. The predicted molar refractivity (Wildman–Crippen MR) is 90.1 cm³/mol. The Morgan fingerprint density at radius 2 is 2.14 bits per heavy atom. The molecule has 1 saturated carbocycles. The average molecular weight is 315 g/mol. The van der Waals surface area contributed by atoms with Crippen molar-refractivity contribution >= 4 is 28.6 Å². The van der Waals surface area contributed by atoms with Crippen molar-refractivity contribution in [3.63, 3.8) is 0 Å². The Morgan fingerprint density at radius 3 is 2.86 bits per heavy atom. The molecule has 0 radical (unpaired) electrons. The van der Waals surface area contributed by atoms with Crippen molar-refractivity contribution in [2.24, 2.45) is 0 Å². The smallest absolute Gasteiger partial charge is 0.230 e. The SMILES string of the molecule is CC[C@H](C)NC(=O)CSc1nc(C2CC2)nc2ccccc12. The van der Waals surface area contributed by atoms with E-state index in [1.807, 2.05) is 31.2 Å². The molecule has 0 spiro atoms. The monoisotopic (exact) mass is 315 g/mol. The van der Waals surface area contributed by atoms with Gasteiger partial charge < -0.3 is 5.32 Å². The minimum atomic E-state index is 0.0648. The highest BCUT2D eigenvalue weighted by atomic mass is 32.2. The zero-order valence-electron chi connectivity index (χ0n) is 13.0. The molecule has 2 aromatic rings. The first-order valence-electron chi connectivity index (χ1n) is 7.86. The Bertz CT molecular complexity index is 685. The summed E-state index contributed by atoms with van der Waals surface area (Å²) in [5.41, 5.74) is 0.976. The van der Waals surface area contributed by atoms with Crippen molar-refractivity contribution in [3.05, 3.63) is 30.1 Å². The number of amides is 1. The number of nitrogens with zero attached hydrogens (tertiary/aromatic N) is 2. The lowest BCUT2D eigenvalue weighted by atomic mass is 10.2. The van der Waals surface area contributed by atoms with Crippen molar-refractivity contribution < 1.29 is 4.79 Å². The molecule has 1 heterocycles. The number of thioether (sulfide) groups is 1. The standard InChI is InChI=1S/C17H21N3OS/c1-3-11(2)18-15(21)10-22-17-13-6-4-5-7-14(13)19-16(20-17)12-8-9-12/h4-7,11-12H,3,8-10H2,1-2H3,(H,18,21)/t11-/m0/s1. The Labute approximate surface area is 135 Å². The van der Waals surface area contributed by atoms with E-state index >= 15 is 0 Å². The lowest BCUT2D eigenvalue weighted by Gasteiger charge is -2.11. The second-order valence-corrected chi connectivity index (χ2v) is 6.81. The van der Waals surface area contributed by atoms with Crippen molar-refractivity contribution in [1.82, 2.24) is 15.3 Å². The minimum absolute atomic E-state index is 0.0648. The van der Waals surface area contributed by atoms with Crippen molar-refractivity contribution in [2.45, 2.75) is 50.1 Å². The van der Waals surface area contributed by atoms with Gasteiger partial charge in [0.15, 0.2) is 0 Å². The molecule has 1 aliphatic carbocycles. The first kappa shape index (κ1) is 15.3. The molecular weight excluding hydrogens is 294 g/mol. The number of rotatable bonds is 6. The molecule has 1 amide bonds. The number of carbonyl (C=O) groups is 1. The molecule has 1 aromatic carbocycles. The number of nitrogens with one attached hydrogen (secondary N) is 1. The van der Waals surface area contributed by atoms with E-state index in [9.17, 15) is 4.79 Å². The fourth-order valence-electron chi connectivity index (χ4n) is 2.25. The van der Waals surface area contributed by atoms with E-state index in [4.69, 9.17) is 4.98 Å². The lowest BCUT2D eigenvalue weighted by molar-refractivity contribution is -0.119. The summed E-state index contributed by atoms with van der Waals surface area (Å²) < 4.78 is 0. The van der Waals surface area contributed by atoms with E-state index in [0.29, 0.717) is 11.7 Å². The van der Waals surface area contributed by atoms with Crippen LogP contribution in [-0.2, 0) is 4.79 Å². The summed E-state index contributed by atoms with van der Waals surface area (Å²) in [4.78, 5) is 21.3. The first-order valence-corrected chi connectivity index (χ1v) is 8.84. The van der Waals surface area contributed by atoms with Crippen LogP contribution in [0.1, 0.15) is 44.9 Å². The molecule has 5 heteroatoms. The maximum Gasteiger partial charge on any atom is 0.230 e. The summed E-state index contributed by atoms with van der Waals surface area (Å²) >= 11 is 1.51. The molecular formula is C17H21N3OS. The molecule has 116 valence electrons. The Kier molecular flexibility index (Phi) is 4.62. The summed E-state index contributed by atoms with van der Waals surface area (Å²) in [6, 6.07) is 8.26. The molecule has 1 fully saturated rings. The zero-order valence-corrected chi connectivity index (χ0v) is 13.8. The summed E-state index contributed by atoms with van der Waals surface area (Å²) in [5.74, 6) is 1.91. The van der Waals surface area contributed by atoms with Gasteiger partial charge in [0, 0.05) is 17.3 Å². The van der Waals surface area contributed by atoms with Crippen LogP contribution in [0.2, 0.25) is 0 Å². The van der Waals surface area contributed by atoms with Gasteiger partial charge in [-0.25, -0.2) is 9.97 Å². The van der Waals surface area contributed by atoms with E-state index in [1.165, 1.54) is 24.6 Å². The highest BCUT2D eigenvalue weighted by Gasteiger charge is 2.27. The minimum Gasteiger partial charge on any atom is -0.353 e. The lowest BCUT2D eigenvalue weighted by Crippen LogP contribution is -2.33. The van der Waals surface area contributed by atoms with Crippen LogP contribution < -0.4 is 5.32 Å². The van der Waals surface area contributed by atoms with Crippen LogP contribution in [0.5, 0.6) is 0 Å². The van der Waals surface area contributed by atoms with Gasteiger partial charge in [0.25, 0.3) is 0 Å². The highest BCUT2D eigenvalue weighted by molar-refractivity contribution is 8.00. The maximum absolute atomic E-state index is 12.0. The number of hydrogen-bond acceptors (Lipinski definition) is 4. The Balaban J connectivity index is 1.78. The van der Waals surface area contributed by atoms with E-state index < -0.39 is 0 Å². The number of hydrogen-bond donors (Lipinski definition) is 1. The molecule has 0 unspecified atom stereocenters. The van der Waals surface area contributed by atoms with E-state index in [2.05, 4.69) is 17.2 Å². The Morgan fingerprint density at radius 1 is 1.36 bits per heavy atom. The van der Waals surface area contributed by atoms with Crippen LogP contribution in [-0.4, -0.2) is 27.7 Å². The summed E-state index contributed by atoms with van der Waals surface area (Å²) in [5, 5.41) is 4.95. The van der Waals surface area contributed by atoms with Crippen molar-refractivity contribution in [3.8, 4) is 0 Å². The highest BCUT2D eigenvalue weighted by Crippen LogP contribution is 2.39. The van der Waals surface area contributed by atoms with Gasteiger partial charge in [-0.05, 0) is 32.3 Å². The van der Waals surface area contributed by atoms with Gasteiger partial charge in [0.2, 0.25) is 5.91 Å². The van der Waals surface area contributed by atoms with Crippen molar-refractivity contribution in [2.75, 3.05) is 5.75 Å². The maximum atomic E-state index is 12.0. The Hall–Kier alpha value is -1.62. The van der Waals surface area contributed by atoms with Crippen LogP contribution in [0.25, 0.3) is 10.9 Å². The molecule has 3 rings (SSSR count). The second-order valence-electron chi connectivity index (χ2n) is 5.84. The first-order chi connectivity index (χ1) is 10.7. The van der Waals surface area contributed by atoms with Gasteiger partial charge in [-0.2, -0.15) is 0 Å². The van der Waals surface area contributed by atoms with Crippen molar-refractivity contribution in [1.29, 1.82) is 0 Å². The third kappa shape index (κ3) is 3.58. The number of fused-ring (bicyclic) bond motifs is 1. The third-order valence-corrected chi connectivity index (χ3v) is 4.88. The van der Waals surface area contributed by atoms with Gasteiger partial charge in [0.1, 0.15) is 10.9 Å². The van der Waals surface area contributed by atoms with Crippen LogP contribution in [0.3, 0.4) is 0 Å². The quantitative estimate of drug-likeness (QED) is 0.654. The number of aromatic nitrogens is 2. The van der Waals surface area contributed by atoms with Gasteiger partial charge in [-0.1, -0.05) is 36.9 Å². The fourth-order valence-corrected chi connectivity index (χ4v) is 3.09. The van der Waals surface area contributed by atoms with Crippen LogP contribution in [0.4, 0.5) is 0 Å². The largest absolute Gasteiger partial charge is 0.353 e. The third-order valence-electron chi connectivity index (χ3n) is 3.89. The van der Waals surface area contributed by atoms with Gasteiger partial charge >= 0.3 is 0 Å².